The van der Waals surface area contributed by atoms with E-state index in [1.165, 1.54) is 19.3 Å². The van der Waals surface area contributed by atoms with Crippen LogP contribution in [0.5, 0.6) is 0 Å². The molecule has 1 aromatic carbocycles. The molecule has 1 aromatic rings. The summed E-state index contributed by atoms with van der Waals surface area (Å²) in [6, 6.07) is 7.93. The number of nitrogens with two attached hydrogens (primary N) is 1. The lowest BCUT2D eigenvalue weighted by Gasteiger charge is -2.38. The molecule has 146 valence electrons. The van der Waals surface area contributed by atoms with Crippen molar-refractivity contribution in [1.82, 2.24) is 4.90 Å². The molecule has 2 rings (SSSR count). The first-order chi connectivity index (χ1) is 12.3. The molecule has 1 heterocycles. The van der Waals surface area contributed by atoms with E-state index in [1.807, 2.05) is 13.0 Å². The third kappa shape index (κ3) is 5.99. The van der Waals surface area contributed by atoms with Crippen LogP contribution in [-0.4, -0.2) is 50.1 Å². The lowest BCUT2D eigenvalue weighted by Crippen LogP contribution is -2.47. The second-order valence-corrected chi connectivity index (χ2v) is 9.32. The van der Waals surface area contributed by atoms with Gasteiger partial charge in [-0.3, -0.25) is 4.90 Å². The number of hydrogen-bond donors (Lipinski definition) is 1. The van der Waals surface area contributed by atoms with E-state index >= 15 is 0 Å². The van der Waals surface area contributed by atoms with Crippen molar-refractivity contribution >= 4 is 15.7 Å². The van der Waals surface area contributed by atoms with Gasteiger partial charge in [0.2, 0.25) is 0 Å². The summed E-state index contributed by atoms with van der Waals surface area (Å²) >= 11 is 0. The molecule has 0 bridgehead atoms. The number of likely N-dealkylation sites (tertiary alicyclic amines) is 1. The van der Waals surface area contributed by atoms with E-state index in [2.05, 4.69) is 23.9 Å². The van der Waals surface area contributed by atoms with Gasteiger partial charge in [-0.05, 0) is 57.7 Å². The minimum Gasteiger partial charge on any atom is -0.394 e. The van der Waals surface area contributed by atoms with E-state index in [-0.39, 0.29) is 12.4 Å². The molecule has 1 saturated heterocycles. The van der Waals surface area contributed by atoms with Crippen LogP contribution in [0.4, 0.5) is 0 Å². The number of hydrogen-bond acceptors (Lipinski definition) is 5. The van der Waals surface area contributed by atoms with Crippen LogP contribution >= 0.6 is 0 Å². The van der Waals surface area contributed by atoms with Gasteiger partial charge in [0.15, 0.2) is 15.7 Å². The molecule has 26 heavy (non-hydrogen) atoms. The fourth-order valence-corrected chi connectivity index (χ4v) is 4.76. The highest BCUT2D eigenvalue weighted by molar-refractivity contribution is 7.91. The Morgan fingerprint density at radius 1 is 1.31 bits per heavy atom. The molecule has 0 spiro atoms. The molecule has 2 atom stereocenters. The summed E-state index contributed by atoms with van der Waals surface area (Å²) in [6.45, 7) is 7.12. The summed E-state index contributed by atoms with van der Waals surface area (Å²) in [7, 11) is -3.29. The molecule has 0 amide bonds. The van der Waals surface area contributed by atoms with Crippen LogP contribution < -0.4 is 5.73 Å². The van der Waals surface area contributed by atoms with Gasteiger partial charge in [0.1, 0.15) is 6.61 Å². The summed E-state index contributed by atoms with van der Waals surface area (Å²) in [5.41, 5.74) is 6.90. The average Bonchev–Trinajstić information content (AvgIpc) is 2.58. The number of amidine groups is 1. The minimum absolute atomic E-state index is 0.0338. The Hall–Kier alpha value is -1.60. The van der Waals surface area contributed by atoms with E-state index in [1.54, 1.807) is 18.2 Å². The van der Waals surface area contributed by atoms with Gasteiger partial charge in [-0.1, -0.05) is 23.7 Å². The van der Waals surface area contributed by atoms with Crippen LogP contribution in [0.3, 0.4) is 0 Å². The van der Waals surface area contributed by atoms with Gasteiger partial charge in [-0.2, -0.15) is 0 Å². The quantitative estimate of drug-likeness (QED) is 0.324. The van der Waals surface area contributed by atoms with E-state index in [0.717, 1.165) is 5.56 Å². The predicted octanol–water partition coefficient (Wildman–Crippen LogP) is 2.71. The molecule has 2 N–H and O–H groups in total. The van der Waals surface area contributed by atoms with Crippen molar-refractivity contribution in [2.75, 3.05) is 18.9 Å². The van der Waals surface area contributed by atoms with Gasteiger partial charge in [0.25, 0.3) is 0 Å². The first-order valence-corrected chi connectivity index (χ1v) is 10.9. The van der Waals surface area contributed by atoms with Crippen molar-refractivity contribution in [3.63, 3.8) is 0 Å². The molecule has 1 aliphatic heterocycles. The molecule has 0 saturated carbocycles. The van der Waals surface area contributed by atoms with Crippen LogP contribution in [0, 0.1) is 6.92 Å². The number of rotatable bonds is 8. The molecule has 0 aliphatic carbocycles. The Morgan fingerprint density at radius 2 is 2.00 bits per heavy atom. The zero-order valence-corrected chi connectivity index (χ0v) is 16.8. The summed E-state index contributed by atoms with van der Waals surface area (Å²) in [5, 5.41) is 3.95. The first-order valence-electron chi connectivity index (χ1n) is 9.29. The lowest BCUT2D eigenvalue weighted by atomic mass is 9.97. The van der Waals surface area contributed by atoms with Crippen molar-refractivity contribution in [3.8, 4) is 0 Å². The van der Waals surface area contributed by atoms with Gasteiger partial charge >= 0.3 is 0 Å². The zero-order chi connectivity index (χ0) is 19.2. The van der Waals surface area contributed by atoms with Gasteiger partial charge in [-0.15, -0.1) is 0 Å². The summed E-state index contributed by atoms with van der Waals surface area (Å²) < 4.78 is 24.6. The highest BCUT2D eigenvalue weighted by Gasteiger charge is 2.25. The van der Waals surface area contributed by atoms with Gasteiger partial charge < -0.3 is 10.6 Å². The molecule has 2 unspecified atom stereocenters. The number of oxime groups is 1. The Kier molecular flexibility index (Phi) is 7.46. The predicted molar refractivity (Wildman–Crippen MR) is 105 cm³/mol. The number of nitrogens with zero attached hydrogens (tertiary/aromatic N) is 2. The maximum atomic E-state index is 12.3. The van der Waals surface area contributed by atoms with E-state index in [9.17, 15) is 8.42 Å². The van der Waals surface area contributed by atoms with E-state index in [4.69, 9.17) is 10.6 Å². The summed E-state index contributed by atoms with van der Waals surface area (Å²) in [4.78, 5) is 7.93. The molecule has 0 aromatic heterocycles. The second kappa shape index (κ2) is 9.37. The highest BCUT2D eigenvalue weighted by Crippen LogP contribution is 2.21. The third-order valence-electron chi connectivity index (χ3n) is 4.90. The Morgan fingerprint density at radius 3 is 2.65 bits per heavy atom. The number of piperidine rings is 1. The van der Waals surface area contributed by atoms with Crippen LogP contribution in [0.2, 0.25) is 0 Å². The van der Waals surface area contributed by atoms with Crippen molar-refractivity contribution in [2.45, 2.75) is 63.4 Å². The third-order valence-corrected chi connectivity index (χ3v) is 6.70. The standard InChI is InChI=1S/C19H31N3O3S/c1-15-7-4-10-18(13-15)26(23,24)12-6-11-25-21-19(20)14-22-16(2)8-5-9-17(22)3/h4,7,10,13,16-17H,5-6,8-9,11-12,14H2,1-3H3,(H2,20,21). The normalized spacial score (nSPS) is 22.3. The van der Waals surface area contributed by atoms with Crippen LogP contribution in [0.25, 0.3) is 0 Å². The first kappa shape index (κ1) is 20.7. The number of aryl methyl sites for hydroxylation is 1. The Labute approximate surface area is 157 Å². The minimum atomic E-state index is -3.29. The lowest BCUT2D eigenvalue weighted by molar-refractivity contribution is 0.116. The largest absolute Gasteiger partial charge is 0.394 e. The Balaban J connectivity index is 1.76. The second-order valence-electron chi connectivity index (χ2n) is 7.21. The molecule has 1 fully saturated rings. The maximum absolute atomic E-state index is 12.3. The monoisotopic (exact) mass is 381 g/mol. The average molecular weight is 382 g/mol. The van der Waals surface area contributed by atoms with E-state index in [0.29, 0.717) is 35.8 Å². The number of benzene rings is 1. The van der Waals surface area contributed by atoms with Gasteiger partial charge in [-0.25, -0.2) is 8.42 Å². The summed E-state index contributed by atoms with van der Waals surface area (Å²) in [6.07, 6.45) is 3.98. The van der Waals surface area contributed by atoms with Gasteiger partial charge in [0.05, 0.1) is 17.2 Å². The summed E-state index contributed by atoms with van der Waals surface area (Å²) in [5.74, 6) is 0.471. The topological polar surface area (TPSA) is 85.0 Å². The van der Waals surface area contributed by atoms with Gasteiger partial charge in [0, 0.05) is 12.1 Å². The van der Waals surface area contributed by atoms with Crippen LogP contribution in [0.1, 0.15) is 45.1 Å². The van der Waals surface area contributed by atoms with Crippen molar-refractivity contribution in [2.24, 2.45) is 10.9 Å². The van der Waals surface area contributed by atoms with Crippen molar-refractivity contribution < 1.29 is 13.3 Å². The smallest absolute Gasteiger partial charge is 0.178 e. The fraction of sp³-hybridized carbons (Fsp3) is 0.632. The van der Waals surface area contributed by atoms with Crippen LogP contribution in [0.15, 0.2) is 34.3 Å². The maximum Gasteiger partial charge on any atom is 0.178 e. The molecule has 7 heteroatoms. The molecular weight excluding hydrogens is 350 g/mol. The molecule has 6 nitrogen and oxygen atoms in total. The number of sulfone groups is 1. The molecule has 0 radical (unpaired) electrons. The molecular formula is C19H31N3O3S. The van der Waals surface area contributed by atoms with Crippen molar-refractivity contribution in [1.29, 1.82) is 0 Å². The molecule has 1 aliphatic rings. The Bertz CT molecular complexity index is 708. The van der Waals surface area contributed by atoms with E-state index < -0.39 is 9.84 Å². The SMILES string of the molecule is Cc1cccc(S(=O)(=O)CCCON=C(N)CN2C(C)CCCC2C)c1. The fourth-order valence-electron chi connectivity index (χ4n) is 3.37. The van der Waals surface area contributed by atoms with Crippen LogP contribution in [-0.2, 0) is 14.7 Å². The van der Waals surface area contributed by atoms with Crippen molar-refractivity contribution in [3.05, 3.63) is 29.8 Å². The highest BCUT2D eigenvalue weighted by atomic mass is 32.2. The zero-order valence-electron chi connectivity index (χ0n) is 16.0.